The molecule has 0 radical (unpaired) electrons. The smallest absolute Gasteiger partial charge is 0.0214 e. The topological polar surface area (TPSA) is 43.4 Å². The summed E-state index contributed by atoms with van der Waals surface area (Å²) >= 11 is -2.09. The van der Waals surface area contributed by atoms with E-state index in [0.717, 1.165) is 25.7 Å². The lowest BCUT2D eigenvalue weighted by atomic mass is 10.1. The first-order valence-corrected chi connectivity index (χ1v) is 8.45. The van der Waals surface area contributed by atoms with Crippen LogP contribution in [0.15, 0.2) is 0 Å². The summed E-state index contributed by atoms with van der Waals surface area (Å²) in [5, 5.41) is 0. The lowest BCUT2D eigenvalue weighted by molar-refractivity contribution is 0.238. The molecule has 0 aliphatic rings. The van der Waals surface area contributed by atoms with Crippen molar-refractivity contribution in [3.63, 3.8) is 0 Å². The number of unbranched alkanes of at least 4 members (excludes halogenated alkanes) is 4. The Kier molecular flexibility index (Phi) is 11.0. The quantitative estimate of drug-likeness (QED) is 0.422. The molecule has 0 saturated carbocycles. The van der Waals surface area contributed by atoms with Gasteiger partial charge in [0, 0.05) is 23.4 Å². The molecule has 0 aromatic heterocycles. The van der Waals surface area contributed by atoms with Crippen molar-refractivity contribution in [1.29, 1.82) is 0 Å². The predicted molar refractivity (Wildman–Crippen MR) is 78.0 cm³/mol. The van der Waals surface area contributed by atoms with Gasteiger partial charge in [-0.05, 0) is 26.7 Å². The highest BCUT2D eigenvalue weighted by atomic mass is 32.2. The van der Waals surface area contributed by atoms with E-state index in [1.54, 1.807) is 4.31 Å². The van der Waals surface area contributed by atoms with Gasteiger partial charge in [0.05, 0.1) is 0 Å². The van der Waals surface area contributed by atoms with Crippen LogP contribution in [0.1, 0.15) is 79.1 Å². The minimum atomic E-state index is -2.09. The Bertz CT molecular complexity index is 208. The maximum absolute atomic E-state index is 11.4. The van der Waals surface area contributed by atoms with Crippen LogP contribution in [-0.4, -0.2) is 25.2 Å². The molecular weight excluding hydrogens is 246 g/mol. The zero-order valence-electron chi connectivity index (χ0n) is 12.5. The van der Waals surface area contributed by atoms with E-state index >= 15 is 0 Å². The third-order valence-electron chi connectivity index (χ3n) is 3.49. The summed E-state index contributed by atoms with van der Waals surface area (Å²) in [6.45, 7) is 8.40. The molecule has 0 N–H and O–H groups in total. The number of nitrogens with zero attached hydrogens (tertiary/aromatic N) is 1. The summed E-state index contributed by atoms with van der Waals surface area (Å²) in [4.78, 5) is 0. The number of hydrogen-bond acceptors (Lipinski definition) is 2. The van der Waals surface area contributed by atoms with E-state index in [2.05, 4.69) is 13.8 Å². The van der Waals surface area contributed by atoms with E-state index in [-0.39, 0.29) is 12.1 Å². The van der Waals surface area contributed by atoms with Crippen LogP contribution in [0.3, 0.4) is 0 Å². The summed E-state index contributed by atoms with van der Waals surface area (Å²) in [5.41, 5.74) is 0. The van der Waals surface area contributed by atoms with Gasteiger partial charge in [-0.3, -0.25) is 4.21 Å². The second-order valence-electron chi connectivity index (χ2n) is 5.27. The van der Waals surface area contributed by atoms with Gasteiger partial charge in [0.25, 0.3) is 0 Å². The highest BCUT2D eigenvalue weighted by Gasteiger charge is 2.20. The van der Waals surface area contributed by atoms with E-state index in [1.165, 1.54) is 25.7 Å². The van der Waals surface area contributed by atoms with Crippen molar-refractivity contribution < 1.29 is 8.76 Å². The maximum atomic E-state index is 11.4. The fourth-order valence-corrected chi connectivity index (χ4v) is 3.16. The lowest BCUT2D eigenvalue weighted by Gasteiger charge is -2.35. The molecule has 0 rings (SSSR count). The summed E-state index contributed by atoms with van der Waals surface area (Å²) in [6.07, 6.45) is 8.92. The molecule has 3 nitrogen and oxygen atoms in total. The SMILES string of the molecule is CCCCCC(C)N(C(C)CCCCC)S(=O)[O-]. The molecule has 0 saturated heterocycles. The molecule has 0 amide bonds. The molecule has 0 spiro atoms. The van der Waals surface area contributed by atoms with Gasteiger partial charge in [-0.25, -0.2) is 4.31 Å². The molecule has 0 aliphatic heterocycles. The highest BCUT2D eigenvalue weighted by Crippen LogP contribution is 2.18. The minimum absolute atomic E-state index is 0.131. The summed E-state index contributed by atoms with van der Waals surface area (Å²) in [5.74, 6) is 0. The van der Waals surface area contributed by atoms with Crippen molar-refractivity contribution in [2.45, 2.75) is 91.1 Å². The van der Waals surface area contributed by atoms with E-state index < -0.39 is 11.3 Å². The van der Waals surface area contributed by atoms with Crippen molar-refractivity contribution in [1.82, 2.24) is 4.31 Å². The van der Waals surface area contributed by atoms with Crippen LogP contribution in [0.25, 0.3) is 0 Å². The molecule has 0 aliphatic carbocycles. The fourth-order valence-electron chi connectivity index (χ4n) is 2.36. The Balaban J connectivity index is 4.21. The summed E-state index contributed by atoms with van der Waals surface area (Å²) in [7, 11) is 0. The van der Waals surface area contributed by atoms with E-state index in [4.69, 9.17) is 0 Å². The number of rotatable bonds is 11. The van der Waals surface area contributed by atoms with Crippen LogP contribution in [0, 0.1) is 0 Å². The second kappa shape index (κ2) is 10.9. The Labute approximate surface area is 116 Å². The molecule has 3 unspecified atom stereocenters. The van der Waals surface area contributed by atoms with Gasteiger partial charge in [0.2, 0.25) is 0 Å². The van der Waals surface area contributed by atoms with Crippen LogP contribution in [-0.2, 0) is 11.3 Å². The first-order valence-electron chi connectivity index (χ1n) is 7.42. The Hall–Kier alpha value is 0.0700. The molecule has 0 aromatic carbocycles. The molecule has 0 aromatic rings. The minimum Gasteiger partial charge on any atom is -0.760 e. The van der Waals surface area contributed by atoms with Gasteiger partial charge in [-0.15, -0.1) is 0 Å². The fraction of sp³-hybridized carbons (Fsp3) is 1.00. The monoisotopic (exact) mass is 276 g/mol. The average molecular weight is 276 g/mol. The van der Waals surface area contributed by atoms with Crippen molar-refractivity contribution in [2.75, 3.05) is 0 Å². The molecular formula is C14H30NO2S-. The molecule has 110 valence electrons. The Morgan fingerprint density at radius 1 is 0.944 bits per heavy atom. The first kappa shape index (κ1) is 18.1. The summed E-state index contributed by atoms with van der Waals surface area (Å²) < 4.78 is 24.4. The van der Waals surface area contributed by atoms with Crippen molar-refractivity contribution >= 4 is 11.3 Å². The standard InChI is InChI=1S/C14H31NO2S/c1-5-7-9-11-13(3)15(18(16)17)14(4)12-10-8-6-2/h13-14H,5-12H2,1-4H3,(H,16,17)/p-1. The Morgan fingerprint density at radius 2 is 1.33 bits per heavy atom. The van der Waals surface area contributed by atoms with Gasteiger partial charge in [0.15, 0.2) is 0 Å². The summed E-state index contributed by atoms with van der Waals surface area (Å²) in [6, 6.07) is 0.262. The van der Waals surface area contributed by atoms with Crippen LogP contribution < -0.4 is 0 Å². The number of hydrogen-bond donors (Lipinski definition) is 0. The van der Waals surface area contributed by atoms with Gasteiger partial charge >= 0.3 is 0 Å². The predicted octanol–water partition coefficient (Wildman–Crippen LogP) is 4.02. The van der Waals surface area contributed by atoms with Gasteiger partial charge < -0.3 is 4.55 Å². The van der Waals surface area contributed by atoms with Crippen LogP contribution in [0.2, 0.25) is 0 Å². The maximum Gasteiger partial charge on any atom is 0.0214 e. The van der Waals surface area contributed by atoms with Gasteiger partial charge in [-0.2, -0.15) is 0 Å². The zero-order valence-corrected chi connectivity index (χ0v) is 13.3. The third-order valence-corrected chi connectivity index (χ3v) is 4.56. The zero-order chi connectivity index (χ0) is 14.0. The van der Waals surface area contributed by atoms with E-state index in [0.29, 0.717) is 0 Å². The first-order chi connectivity index (χ1) is 8.54. The van der Waals surface area contributed by atoms with Crippen LogP contribution in [0.5, 0.6) is 0 Å². The second-order valence-corrected chi connectivity index (χ2v) is 6.12. The highest BCUT2D eigenvalue weighted by molar-refractivity contribution is 7.76. The van der Waals surface area contributed by atoms with Crippen LogP contribution in [0.4, 0.5) is 0 Å². The van der Waals surface area contributed by atoms with Crippen LogP contribution >= 0.6 is 0 Å². The van der Waals surface area contributed by atoms with Crippen molar-refractivity contribution in [3.05, 3.63) is 0 Å². The largest absolute Gasteiger partial charge is 0.760 e. The molecule has 0 bridgehead atoms. The van der Waals surface area contributed by atoms with E-state index in [9.17, 15) is 8.76 Å². The van der Waals surface area contributed by atoms with Crippen molar-refractivity contribution in [2.24, 2.45) is 0 Å². The Morgan fingerprint density at radius 3 is 1.61 bits per heavy atom. The molecule has 18 heavy (non-hydrogen) atoms. The van der Waals surface area contributed by atoms with E-state index in [1.807, 2.05) is 13.8 Å². The molecule has 0 heterocycles. The van der Waals surface area contributed by atoms with Crippen molar-refractivity contribution in [3.8, 4) is 0 Å². The lowest BCUT2D eigenvalue weighted by Crippen LogP contribution is -2.41. The molecule has 4 heteroatoms. The third kappa shape index (κ3) is 7.49. The van der Waals surface area contributed by atoms with Gasteiger partial charge in [0.1, 0.15) is 0 Å². The normalized spacial score (nSPS) is 16.8. The molecule has 0 fully saturated rings. The molecule has 3 atom stereocenters. The van der Waals surface area contributed by atoms with Gasteiger partial charge in [-0.1, -0.05) is 52.4 Å². The average Bonchev–Trinajstić information content (AvgIpc) is 2.29.